The van der Waals surface area contributed by atoms with Gasteiger partial charge in [0.25, 0.3) is 0 Å². The van der Waals surface area contributed by atoms with Crippen LogP contribution in [0.15, 0.2) is 80.8 Å². The van der Waals surface area contributed by atoms with Gasteiger partial charge in [0.15, 0.2) is 17.7 Å². The molecule has 3 aromatic carbocycles. The number of ether oxygens (including phenoxy) is 2. The minimum Gasteiger partial charge on any atom is -0.454 e. The van der Waals surface area contributed by atoms with Crippen LogP contribution in [-0.4, -0.2) is 32.6 Å². The number of urea groups is 1. The van der Waals surface area contributed by atoms with E-state index in [1.54, 1.807) is 18.2 Å². The molecule has 0 unspecified atom stereocenters. The summed E-state index contributed by atoms with van der Waals surface area (Å²) in [6, 6.07) is 11.2. The minimum absolute atomic E-state index is 0.0108. The Kier molecular flexibility index (Phi) is 6.78. The highest BCUT2D eigenvalue weighted by molar-refractivity contribution is 5.95. The number of amides is 2. The van der Waals surface area contributed by atoms with Crippen molar-refractivity contribution in [3.05, 3.63) is 104 Å². The molecule has 4 aromatic rings. The summed E-state index contributed by atoms with van der Waals surface area (Å²) in [5, 5.41) is 0. The lowest BCUT2D eigenvalue weighted by Gasteiger charge is -2.34. The Labute approximate surface area is 249 Å². The van der Waals surface area contributed by atoms with Crippen molar-refractivity contribution in [3.8, 4) is 17.2 Å². The Hall–Kier alpha value is -5.15. The SMILES string of the molecule is CC1(C)[C@@H](n2oc(=O)n(-c3cccc(C(F)(F)F)c3)c2=O)N(c2cccc(C(F)(F)F)c2)C(=O)N1Cc1ccc2c(c1)OCO2. The Morgan fingerprint density at radius 2 is 1.40 bits per heavy atom. The molecule has 1 aromatic heterocycles. The fourth-order valence-electron chi connectivity index (χ4n) is 5.44. The number of fused-ring (bicyclic) bond motifs is 1. The topological polar surface area (TPSA) is 99.2 Å². The normalized spacial score (nSPS) is 17.8. The van der Waals surface area contributed by atoms with E-state index in [0.717, 1.165) is 35.2 Å². The average molecular weight is 637 g/mol. The number of hydrogen-bond donors (Lipinski definition) is 0. The molecule has 0 radical (unpaired) electrons. The van der Waals surface area contributed by atoms with E-state index in [9.17, 15) is 40.7 Å². The Bertz CT molecular complexity index is 1930. The van der Waals surface area contributed by atoms with E-state index < -0.39 is 58.3 Å². The summed E-state index contributed by atoms with van der Waals surface area (Å²) in [5.41, 5.74) is -5.16. The molecule has 1 atom stereocenters. The number of hydrogen-bond acceptors (Lipinski definition) is 6. The maximum Gasteiger partial charge on any atom is 0.447 e. The fourth-order valence-corrected chi connectivity index (χ4v) is 5.44. The van der Waals surface area contributed by atoms with Gasteiger partial charge >= 0.3 is 29.8 Å². The van der Waals surface area contributed by atoms with Crippen LogP contribution in [0.1, 0.15) is 36.7 Å². The van der Waals surface area contributed by atoms with Crippen LogP contribution in [0.5, 0.6) is 11.5 Å². The number of benzene rings is 3. The second kappa shape index (κ2) is 10.2. The van der Waals surface area contributed by atoms with E-state index in [4.69, 9.17) is 14.0 Å². The van der Waals surface area contributed by atoms with Gasteiger partial charge in [0.2, 0.25) is 6.79 Å². The summed E-state index contributed by atoms with van der Waals surface area (Å²) in [6.07, 6.45) is -11.2. The number of rotatable bonds is 5. The summed E-state index contributed by atoms with van der Waals surface area (Å²) in [6.45, 7) is 2.87. The molecule has 1 saturated heterocycles. The number of halogens is 6. The minimum atomic E-state index is -4.79. The summed E-state index contributed by atoms with van der Waals surface area (Å²) in [5.74, 6) is -0.497. The van der Waals surface area contributed by atoms with Crippen molar-refractivity contribution in [1.82, 2.24) is 14.2 Å². The summed E-state index contributed by atoms with van der Waals surface area (Å²) < 4.78 is 98.0. The van der Waals surface area contributed by atoms with E-state index in [1.165, 1.54) is 24.8 Å². The molecule has 3 heterocycles. The number of carbonyl (C=O) groups excluding carboxylic acids is 1. The van der Waals surface area contributed by atoms with Gasteiger partial charge in [-0.15, -0.1) is 4.74 Å². The van der Waals surface area contributed by atoms with Gasteiger partial charge in [-0.2, -0.15) is 30.9 Å². The lowest BCUT2D eigenvalue weighted by atomic mass is 9.99. The molecule has 0 N–H and O–H groups in total. The molecular formula is C29H22F6N4O6. The number of alkyl halides is 6. The summed E-state index contributed by atoms with van der Waals surface area (Å²) in [7, 11) is 0. The van der Waals surface area contributed by atoms with Gasteiger partial charge in [-0.25, -0.2) is 14.4 Å². The van der Waals surface area contributed by atoms with Crippen LogP contribution in [0.2, 0.25) is 0 Å². The van der Waals surface area contributed by atoms with Crippen LogP contribution in [-0.2, 0) is 18.9 Å². The highest BCUT2D eigenvalue weighted by Crippen LogP contribution is 2.45. The predicted octanol–water partition coefficient (Wildman–Crippen LogP) is 5.78. The Morgan fingerprint density at radius 1 is 0.800 bits per heavy atom. The molecule has 10 nitrogen and oxygen atoms in total. The third-order valence-corrected chi connectivity index (χ3v) is 7.63. The molecular weight excluding hydrogens is 614 g/mol. The highest BCUT2D eigenvalue weighted by Gasteiger charge is 2.55. The average Bonchev–Trinajstić information content (AvgIpc) is 3.60. The number of anilines is 1. The zero-order chi connectivity index (χ0) is 32.5. The van der Waals surface area contributed by atoms with Crippen molar-refractivity contribution in [1.29, 1.82) is 0 Å². The van der Waals surface area contributed by atoms with E-state index in [1.807, 2.05) is 0 Å². The van der Waals surface area contributed by atoms with E-state index in [-0.39, 0.29) is 19.0 Å². The lowest BCUT2D eigenvalue weighted by molar-refractivity contribution is -0.138. The van der Waals surface area contributed by atoms with Crippen molar-refractivity contribution in [2.45, 2.75) is 44.4 Å². The molecule has 2 aliphatic heterocycles. The summed E-state index contributed by atoms with van der Waals surface area (Å²) in [4.78, 5) is 42.9. The first-order chi connectivity index (χ1) is 21.1. The second-order valence-corrected chi connectivity index (χ2v) is 10.9. The molecule has 236 valence electrons. The maximum atomic E-state index is 14.1. The first-order valence-corrected chi connectivity index (χ1v) is 13.3. The molecule has 1 fully saturated rings. The van der Waals surface area contributed by atoms with Crippen LogP contribution in [0.25, 0.3) is 5.69 Å². The molecule has 0 bridgehead atoms. The van der Waals surface area contributed by atoms with Crippen LogP contribution in [0, 0.1) is 0 Å². The van der Waals surface area contributed by atoms with E-state index in [2.05, 4.69) is 0 Å². The van der Waals surface area contributed by atoms with Crippen molar-refractivity contribution in [3.63, 3.8) is 0 Å². The zero-order valence-electron chi connectivity index (χ0n) is 23.3. The van der Waals surface area contributed by atoms with Crippen LogP contribution in [0.4, 0.5) is 36.8 Å². The van der Waals surface area contributed by atoms with Crippen molar-refractivity contribution < 1.29 is 45.1 Å². The molecule has 6 rings (SSSR count). The number of nitrogens with zero attached hydrogens (tertiary/aromatic N) is 4. The molecule has 2 amide bonds. The zero-order valence-corrected chi connectivity index (χ0v) is 23.3. The Morgan fingerprint density at radius 3 is 2.04 bits per heavy atom. The highest BCUT2D eigenvalue weighted by atomic mass is 19.4. The fraction of sp³-hybridized carbons (Fsp3) is 0.276. The molecule has 2 aliphatic rings. The van der Waals surface area contributed by atoms with Crippen molar-refractivity contribution in [2.75, 3.05) is 11.7 Å². The van der Waals surface area contributed by atoms with Gasteiger partial charge < -0.3 is 18.9 Å². The van der Waals surface area contributed by atoms with Crippen molar-refractivity contribution in [2.24, 2.45) is 0 Å². The predicted molar refractivity (Wildman–Crippen MR) is 144 cm³/mol. The Balaban J connectivity index is 1.50. The largest absolute Gasteiger partial charge is 0.454 e. The summed E-state index contributed by atoms with van der Waals surface area (Å²) >= 11 is 0. The van der Waals surface area contributed by atoms with Crippen molar-refractivity contribution >= 4 is 11.7 Å². The quantitative estimate of drug-likeness (QED) is 0.258. The number of carbonyl (C=O) groups is 1. The third kappa shape index (κ3) is 5.09. The van der Waals surface area contributed by atoms with Gasteiger partial charge in [-0.3, -0.25) is 4.90 Å². The smallest absolute Gasteiger partial charge is 0.447 e. The van der Waals surface area contributed by atoms with Crippen LogP contribution in [0.3, 0.4) is 0 Å². The third-order valence-electron chi connectivity index (χ3n) is 7.63. The van der Waals surface area contributed by atoms with Gasteiger partial charge in [-0.05, 0) is 67.9 Å². The standard InChI is InChI=1S/C29H22F6N4O6/c1-27(2)23(39-25(41)38(26(42)45-39)20-8-4-6-18(13-20)29(33,34)35)37(19-7-3-5-17(12-19)28(30,31)32)24(40)36(27)14-16-9-10-21-22(11-16)44-15-43-21/h3-13,23H,14-15H2,1-2H3/t23-/m1/s1. The van der Waals surface area contributed by atoms with Crippen LogP contribution < -0.4 is 25.8 Å². The van der Waals surface area contributed by atoms with Gasteiger partial charge in [0.1, 0.15) is 0 Å². The molecule has 0 saturated carbocycles. The molecule has 16 heteroatoms. The van der Waals surface area contributed by atoms with Gasteiger partial charge in [0.05, 0.1) is 22.4 Å². The lowest BCUT2D eigenvalue weighted by Crippen LogP contribution is -2.46. The van der Waals surface area contributed by atoms with E-state index in [0.29, 0.717) is 38.5 Å². The second-order valence-electron chi connectivity index (χ2n) is 10.9. The monoisotopic (exact) mass is 636 g/mol. The van der Waals surface area contributed by atoms with E-state index >= 15 is 0 Å². The van der Waals surface area contributed by atoms with Gasteiger partial charge in [-0.1, -0.05) is 18.2 Å². The molecule has 45 heavy (non-hydrogen) atoms. The van der Waals surface area contributed by atoms with Crippen LogP contribution >= 0.6 is 0 Å². The maximum absolute atomic E-state index is 14.1. The van der Waals surface area contributed by atoms with Gasteiger partial charge in [0, 0.05) is 12.2 Å². The number of aromatic nitrogens is 2. The first-order valence-electron chi connectivity index (χ1n) is 13.3. The molecule has 0 spiro atoms. The first kappa shape index (κ1) is 29.9. The molecule has 0 aliphatic carbocycles.